The van der Waals surface area contributed by atoms with Gasteiger partial charge in [-0.3, -0.25) is 9.59 Å². The zero-order valence-electron chi connectivity index (χ0n) is 14.7. The molecule has 0 aliphatic carbocycles. The van der Waals surface area contributed by atoms with Gasteiger partial charge in [-0.2, -0.15) is 0 Å². The first kappa shape index (κ1) is 18.7. The molecule has 0 fully saturated rings. The Morgan fingerprint density at radius 2 is 1.78 bits per heavy atom. The monoisotopic (exact) mass is 383 g/mol. The van der Waals surface area contributed by atoms with Gasteiger partial charge in [-0.15, -0.1) is 11.3 Å². The van der Waals surface area contributed by atoms with Crippen molar-refractivity contribution in [3.63, 3.8) is 0 Å². The van der Waals surface area contributed by atoms with Crippen molar-refractivity contribution in [2.75, 3.05) is 6.54 Å². The molecule has 0 radical (unpaired) electrons. The number of amides is 2. The topological polar surface area (TPSA) is 76.3 Å². The first-order chi connectivity index (χ1) is 12.9. The second kappa shape index (κ2) is 8.09. The Morgan fingerprint density at radius 3 is 2.41 bits per heavy atom. The summed E-state index contributed by atoms with van der Waals surface area (Å²) in [7, 11) is 0. The molecule has 0 unspecified atom stereocenters. The van der Waals surface area contributed by atoms with Crippen molar-refractivity contribution in [2.24, 2.45) is 5.73 Å². The van der Waals surface area contributed by atoms with Gasteiger partial charge >= 0.3 is 0 Å². The molecule has 3 rings (SSSR count). The third-order valence-electron chi connectivity index (χ3n) is 3.89. The fourth-order valence-corrected chi connectivity index (χ4v) is 3.63. The van der Waals surface area contributed by atoms with Crippen LogP contribution in [0.1, 0.15) is 21.1 Å². The average Bonchev–Trinajstić information content (AvgIpc) is 3.03. The quantitative estimate of drug-likeness (QED) is 0.709. The number of nitrogens with two attached hydrogens (primary N) is 1. The maximum Gasteiger partial charge on any atom is 0.274 e. The van der Waals surface area contributed by atoms with Gasteiger partial charge in [0, 0.05) is 6.54 Å². The number of halogens is 1. The lowest BCUT2D eigenvalue weighted by Crippen LogP contribution is -2.38. The highest BCUT2D eigenvalue weighted by molar-refractivity contribution is 7.15. The molecule has 0 spiro atoms. The number of carbonyl (C=O) groups is 2. The molecule has 2 aromatic carbocycles. The SMILES string of the molecule is Cc1nc(C(=O)N(CC(N)=O)Cc2ccccc2)c(-c2ccc(F)cc2)s1. The number of aryl methyl sites for hydroxylation is 1. The predicted molar refractivity (Wildman–Crippen MR) is 103 cm³/mol. The Bertz CT molecular complexity index is 955. The van der Waals surface area contributed by atoms with Gasteiger partial charge < -0.3 is 10.6 Å². The predicted octanol–water partition coefficient (Wildman–Crippen LogP) is 3.39. The summed E-state index contributed by atoms with van der Waals surface area (Å²) in [6.07, 6.45) is 0. The summed E-state index contributed by atoms with van der Waals surface area (Å²) in [5.41, 5.74) is 7.15. The average molecular weight is 383 g/mol. The Morgan fingerprint density at radius 1 is 1.11 bits per heavy atom. The number of carbonyl (C=O) groups excluding carboxylic acids is 2. The van der Waals surface area contributed by atoms with E-state index in [1.807, 2.05) is 30.3 Å². The van der Waals surface area contributed by atoms with Crippen LogP contribution < -0.4 is 5.73 Å². The fourth-order valence-electron chi connectivity index (χ4n) is 2.71. The molecule has 7 heteroatoms. The normalized spacial score (nSPS) is 10.6. The Hall–Kier alpha value is -3.06. The first-order valence-corrected chi connectivity index (χ1v) is 9.10. The van der Waals surface area contributed by atoms with E-state index in [0.717, 1.165) is 5.56 Å². The van der Waals surface area contributed by atoms with Crippen molar-refractivity contribution >= 4 is 23.2 Å². The van der Waals surface area contributed by atoms with Crippen LogP contribution in [0.2, 0.25) is 0 Å². The van der Waals surface area contributed by atoms with E-state index in [4.69, 9.17) is 5.73 Å². The van der Waals surface area contributed by atoms with Crippen molar-refractivity contribution in [1.29, 1.82) is 0 Å². The van der Waals surface area contributed by atoms with E-state index < -0.39 is 5.91 Å². The molecule has 0 atom stereocenters. The third kappa shape index (κ3) is 4.57. The maximum absolute atomic E-state index is 13.2. The van der Waals surface area contributed by atoms with Crippen LogP contribution in [0, 0.1) is 12.7 Å². The van der Waals surface area contributed by atoms with Crippen molar-refractivity contribution in [3.05, 3.63) is 76.7 Å². The largest absolute Gasteiger partial charge is 0.368 e. The lowest BCUT2D eigenvalue weighted by atomic mass is 10.1. The molecule has 0 bridgehead atoms. The number of hydrogen-bond acceptors (Lipinski definition) is 4. The minimum absolute atomic E-state index is 0.215. The van der Waals surface area contributed by atoms with E-state index in [1.165, 1.54) is 28.4 Å². The highest BCUT2D eigenvalue weighted by Crippen LogP contribution is 2.31. The van der Waals surface area contributed by atoms with Crippen LogP contribution in [0.5, 0.6) is 0 Å². The molecule has 0 saturated heterocycles. The second-order valence-corrected chi connectivity index (χ2v) is 7.23. The van der Waals surface area contributed by atoms with Gasteiger partial charge in [-0.25, -0.2) is 9.37 Å². The van der Waals surface area contributed by atoms with Gasteiger partial charge in [0.15, 0.2) is 0 Å². The van der Waals surface area contributed by atoms with E-state index in [0.29, 0.717) is 15.4 Å². The fraction of sp³-hybridized carbons (Fsp3) is 0.150. The van der Waals surface area contributed by atoms with E-state index in [-0.39, 0.29) is 30.5 Å². The van der Waals surface area contributed by atoms with Crippen LogP contribution in [0.3, 0.4) is 0 Å². The molecular weight excluding hydrogens is 365 g/mol. The number of primary amides is 1. The number of nitrogens with zero attached hydrogens (tertiary/aromatic N) is 2. The summed E-state index contributed by atoms with van der Waals surface area (Å²) in [6, 6.07) is 15.2. The lowest BCUT2D eigenvalue weighted by Gasteiger charge is -2.21. The number of rotatable bonds is 6. The summed E-state index contributed by atoms with van der Waals surface area (Å²) < 4.78 is 13.2. The Balaban J connectivity index is 1.96. The van der Waals surface area contributed by atoms with Gasteiger partial charge in [-0.1, -0.05) is 42.5 Å². The number of benzene rings is 2. The minimum Gasteiger partial charge on any atom is -0.368 e. The summed E-state index contributed by atoms with van der Waals surface area (Å²) in [5, 5.41) is 0.705. The molecule has 2 amide bonds. The summed E-state index contributed by atoms with van der Waals surface area (Å²) in [4.78, 5) is 31.0. The van der Waals surface area contributed by atoms with Crippen LogP contribution in [0.25, 0.3) is 10.4 Å². The smallest absolute Gasteiger partial charge is 0.274 e. The number of aromatic nitrogens is 1. The van der Waals surface area contributed by atoms with Crippen LogP contribution >= 0.6 is 11.3 Å². The molecule has 1 heterocycles. The maximum atomic E-state index is 13.2. The van der Waals surface area contributed by atoms with Gasteiger partial charge in [0.25, 0.3) is 5.91 Å². The minimum atomic E-state index is -0.602. The van der Waals surface area contributed by atoms with Crippen LogP contribution in [-0.4, -0.2) is 28.2 Å². The van der Waals surface area contributed by atoms with Crippen LogP contribution in [0.15, 0.2) is 54.6 Å². The zero-order valence-corrected chi connectivity index (χ0v) is 15.5. The van der Waals surface area contributed by atoms with Crippen molar-refractivity contribution < 1.29 is 14.0 Å². The molecule has 1 aromatic heterocycles. The first-order valence-electron chi connectivity index (χ1n) is 8.29. The summed E-state index contributed by atoms with van der Waals surface area (Å²) >= 11 is 1.35. The molecule has 2 N–H and O–H groups in total. The molecule has 138 valence electrons. The van der Waals surface area contributed by atoms with Crippen LogP contribution in [0.4, 0.5) is 4.39 Å². The molecule has 0 saturated carbocycles. The summed E-state index contributed by atoms with van der Waals surface area (Å²) in [5.74, 6) is -1.34. The van der Waals surface area contributed by atoms with E-state index in [9.17, 15) is 14.0 Å². The van der Waals surface area contributed by atoms with Crippen molar-refractivity contribution in [1.82, 2.24) is 9.88 Å². The van der Waals surface area contributed by atoms with E-state index in [2.05, 4.69) is 4.98 Å². The van der Waals surface area contributed by atoms with Crippen molar-refractivity contribution in [2.45, 2.75) is 13.5 Å². The zero-order chi connectivity index (χ0) is 19.4. The van der Waals surface area contributed by atoms with E-state index >= 15 is 0 Å². The van der Waals surface area contributed by atoms with Crippen molar-refractivity contribution in [3.8, 4) is 10.4 Å². The Kier molecular flexibility index (Phi) is 5.61. The molecule has 27 heavy (non-hydrogen) atoms. The van der Waals surface area contributed by atoms with Gasteiger partial charge in [-0.05, 0) is 30.2 Å². The number of thiazole rings is 1. The highest BCUT2D eigenvalue weighted by atomic mass is 32.1. The van der Waals surface area contributed by atoms with E-state index in [1.54, 1.807) is 19.1 Å². The van der Waals surface area contributed by atoms with Crippen LogP contribution in [-0.2, 0) is 11.3 Å². The second-order valence-electron chi connectivity index (χ2n) is 6.03. The van der Waals surface area contributed by atoms with Gasteiger partial charge in [0.1, 0.15) is 18.1 Å². The molecule has 3 aromatic rings. The van der Waals surface area contributed by atoms with Gasteiger partial charge in [0.05, 0.1) is 9.88 Å². The molecule has 0 aliphatic rings. The third-order valence-corrected chi connectivity index (χ3v) is 4.91. The summed E-state index contributed by atoms with van der Waals surface area (Å²) in [6.45, 7) is 1.82. The highest BCUT2D eigenvalue weighted by Gasteiger charge is 2.25. The lowest BCUT2D eigenvalue weighted by molar-refractivity contribution is -0.118. The molecular formula is C20H18FN3O2S. The Labute approximate surface area is 160 Å². The molecule has 0 aliphatic heterocycles. The number of hydrogen-bond donors (Lipinski definition) is 1. The standard InChI is InChI=1S/C20H18FN3O2S/c1-13-23-18(19(27-13)15-7-9-16(21)10-8-15)20(26)24(12-17(22)25)11-14-5-3-2-4-6-14/h2-10H,11-12H2,1H3,(H2,22,25). The molecule has 5 nitrogen and oxygen atoms in total. The van der Waals surface area contributed by atoms with Gasteiger partial charge in [0.2, 0.25) is 5.91 Å².